The van der Waals surface area contributed by atoms with Crippen LogP contribution in [0.15, 0.2) is 18.2 Å². The van der Waals surface area contributed by atoms with Crippen molar-refractivity contribution in [2.45, 2.75) is 25.2 Å². The Balaban J connectivity index is 3.22. The molecular weight excluding hydrogens is 318 g/mol. The Morgan fingerprint density at radius 1 is 1.00 bits per heavy atom. The zero-order valence-corrected chi connectivity index (χ0v) is 11.1. The van der Waals surface area contributed by atoms with Gasteiger partial charge in [-0.2, -0.15) is 26.3 Å². The van der Waals surface area contributed by atoms with Crippen LogP contribution >= 0.6 is 0 Å². The predicted molar refractivity (Wildman–Crippen MR) is 62.0 cm³/mol. The number of ether oxygens (including phenoxy) is 1. The van der Waals surface area contributed by atoms with E-state index in [-0.39, 0.29) is 18.2 Å². The minimum Gasteiger partial charge on any atom is -0.469 e. The number of ketones is 1. The summed E-state index contributed by atoms with van der Waals surface area (Å²) in [6, 6.07) is 0.594. The third kappa shape index (κ3) is 4.47. The molecule has 22 heavy (non-hydrogen) atoms. The summed E-state index contributed by atoms with van der Waals surface area (Å²) in [6.45, 7) is 0. The summed E-state index contributed by atoms with van der Waals surface area (Å²) in [5.74, 6) is -2.07. The molecule has 0 unspecified atom stereocenters. The van der Waals surface area contributed by atoms with Crippen molar-refractivity contribution in [1.29, 1.82) is 0 Å². The molecule has 0 saturated heterocycles. The first-order valence-corrected chi connectivity index (χ1v) is 5.85. The average Bonchev–Trinajstić information content (AvgIpc) is 2.41. The maximum Gasteiger partial charge on any atom is 0.417 e. The van der Waals surface area contributed by atoms with Gasteiger partial charge in [0.05, 0.1) is 24.7 Å². The van der Waals surface area contributed by atoms with Gasteiger partial charge in [0.1, 0.15) is 0 Å². The van der Waals surface area contributed by atoms with Gasteiger partial charge in [0.25, 0.3) is 0 Å². The molecule has 0 radical (unpaired) electrons. The Kier molecular flexibility index (Phi) is 5.21. The Labute approximate surface area is 120 Å². The monoisotopic (exact) mass is 328 g/mol. The normalized spacial score (nSPS) is 12.1. The maximum atomic E-state index is 12.8. The highest BCUT2D eigenvalue weighted by atomic mass is 19.4. The summed E-state index contributed by atoms with van der Waals surface area (Å²) < 4.78 is 80.2. The highest BCUT2D eigenvalue weighted by Crippen LogP contribution is 2.37. The summed E-state index contributed by atoms with van der Waals surface area (Å²) >= 11 is 0. The van der Waals surface area contributed by atoms with E-state index in [0.717, 1.165) is 7.11 Å². The van der Waals surface area contributed by atoms with Gasteiger partial charge in [-0.25, -0.2) is 0 Å². The van der Waals surface area contributed by atoms with Crippen LogP contribution in [0.1, 0.15) is 34.3 Å². The molecule has 1 aromatic rings. The molecule has 0 saturated carbocycles. The molecule has 0 amide bonds. The molecule has 0 aliphatic carbocycles. The first-order chi connectivity index (χ1) is 9.96. The lowest BCUT2D eigenvalue weighted by Crippen LogP contribution is -2.16. The van der Waals surface area contributed by atoms with E-state index in [1.807, 2.05) is 0 Å². The molecule has 3 nitrogen and oxygen atoms in total. The van der Waals surface area contributed by atoms with Crippen LogP contribution in [-0.4, -0.2) is 18.9 Å². The average molecular weight is 328 g/mol. The van der Waals surface area contributed by atoms with Crippen LogP contribution in [-0.2, 0) is 21.9 Å². The van der Waals surface area contributed by atoms with E-state index in [1.54, 1.807) is 0 Å². The van der Waals surface area contributed by atoms with E-state index < -0.39 is 53.6 Å². The largest absolute Gasteiger partial charge is 0.469 e. The number of hydrogen-bond donors (Lipinski definition) is 0. The van der Waals surface area contributed by atoms with E-state index in [2.05, 4.69) is 4.74 Å². The van der Waals surface area contributed by atoms with Gasteiger partial charge < -0.3 is 4.74 Å². The Bertz CT molecular complexity index is 574. The van der Waals surface area contributed by atoms with Crippen LogP contribution in [0, 0.1) is 0 Å². The topological polar surface area (TPSA) is 43.4 Å². The van der Waals surface area contributed by atoms with Crippen LogP contribution in [0.2, 0.25) is 0 Å². The molecule has 0 N–H and O–H groups in total. The summed E-state index contributed by atoms with van der Waals surface area (Å²) in [5, 5.41) is 0. The lowest BCUT2D eigenvalue weighted by Gasteiger charge is -2.15. The Morgan fingerprint density at radius 2 is 1.59 bits per heavy atom. The van der Waals surface area contributed by atoms with Crippen molar-refractivity contribution in [3.8, 4) is 0 Å². The number of benzene rings is 1. The van der Waals surface area contributed by atoms with Gasteiger partial charge in [-0.15, -0.1) is 0 Å². The van der Waals surface area contributed by atoms with Gasteiger partial charge in [0.2, 0.25) is 0 Å². The smallest absolute Gasteiger partial charge is 0.417 e. The van der Waals surface area contributed by atoms with Gasteiger partial charge in [0, 0.05) is 12.0 Å². The van der Waals surface area contributed by atoms with Gasteiger partial charge >= 0.3 is 18.3 Å². The molecule has 0 spiro atoms. The van der Waals surface area contributed by atoms with Gasteiger partial charge in [-0.1, -0.05) is 0 Å². The molecule has 0 aliphatic rings. The molecular formula is C13H10F6O3. The number of methoxy groups -OCH3 is 1. The van der Waals surface area contributed by atoms with E-state index >= 15 is 0 Å². The SMILES string of the molecule is COC(=O)CCC(=O)c1cc(C(F)(F)F)ccc1C(F)(F)F. The van der Waals surface area contributed by atoms with Crippen molar-refractivity contribution in [2.75, 3.05) is 7.11 Å². The minimum atomic E-state index is -4.99. The zero-order valence-electron chi connectivity index (χ0n) is 11.1. The summed E-state index contributed by atoms with van der Waals surface area (Å²) in [6.07, 6.45) is -11.1. The number of alkyl halides is 6. The van der Waals surface area contributed by atoms with Crippen LogP contribution in [0.25, 0.3) is 0 Å². The number of halogens is 6. The lowest BCUT2D eigenvalue weighted by atomic mass is 9.97. The minimum absolute atomic E-state index is 0.141. The third-order valence-electron chi connectivity index (χ3n) is 2.74. The molecule has 0 heterocycles. The van der Waals surface area contributed by atoms with Gasteiger partial charge in [-0.05, 0) is 18.2 Å². The fraction of sp³-hybridized carbons (Fsp3) is 0.385. The van der Waals surface area contributed by atoms with Crippen molar-refractivity contribution < 1.29 is 40.7 Å². The molecule has 0 atom stereocenters. The third-order valence-corrected chi connectivity index (χ3v) is 2.74. The standard InChI is InChI=1S/C13H10F6O3/c1-22-11(21)5-4-10(20)8-6-7(12(14,15)16)2-3-9(8)13(17,18)19/h2-3,6H,4-5H2,1H3. The Morgan fingerprint density at radius 3 is 2.05 bits per heavy atom. The zero-order chi connectivity index (χ0) is 17.1. The predicted octanol–water partition coefficient (Wildman–Crippen LogP) is 3.86. The summed E-state index contributed by atoms with van der Waals surface area (Å²) in [4.78, 5) is 22.6. The molecule has 1 rings (SSSR count). The second kappa shape index (κ2) is 6.37. The molecule has 0 fully saturated rings. The fourth-order valence-corrected chi connectivity index (χ4v) is 1.65. The number of esters is 1. The molecule has 0 bridgehead atoms. The van der Waals surface area contributed by atoms with Gasteiger partial charge in [-0.3, -0.25) is 9.59 Å². The van der Waals surface area contributed by atoms with Crippen LogP contribution < -0.4 is 0 Å². The van der Waals surface area contributed by atoms with Crippen molar-refractivity contribution in [2.24, 2.45) is 0 Å². The van der Waals surface area contributed by atoms with E-state index in [4.69, 9.17) is 0 Å². The highest BCUT2D eigenvalue weighted by Gasteiger charge is 2.38. The van der Waals surface area contributed by atoms with E-state index in [0.29, 0.717) is 0 Å². The number of Topliss-reactive ketones (excluding diaryl/α,β-unsaturated/α-hetero) is 1. The summed E-state index contributed by atoms with van der Waals surface area (Å²) in [5.41, 5.74) is -3.97. The van der Waals surface area contributed by atoms with Crippen molar-refractivity contribution in [1.82, 2.24) is 0 Å². The van der Waals surface area contributed by atoms with Gasteiger partial charge in [0.15, 0.2) is 5.78 Å². The first kappa shape index (κ1) is 18.0. The number of rotatable bonds is 4. The van der Waals surface area contributed by atoms with E-state index in [9.17, 15) is 35.9 Å². The van der Waals surface area contributed by atoms with Crippen molar-refractivity contribution >= 4 is 11.8 Å². The molecule has 0 aliphatic heterocycles. The summed E-state index contributed by atoms with van der Waals surface area (Å²) in [7, 11) is 1.01. The molecule has 122 valence electrons. The maximum absolute atomic E-state index is 12.8. The molecule has 0 aromatic heterocycles. The van der Waals surface area contributed by atoms with Crippen LogP contribution in [0.4, 0.5) is 26.3 Å². The van der Waals surface area contributed by atoms with E-state index in [1.165, 1.54) is 0 Å². The van der Waals surface area contributed by atoms with Crippen LogP contribution in [0.3, 0.4) is 0 Å². The highest BCUT2D eigenvalue weighted by molar-refractivity contribution is 5.99. The fourth-order valence-electron chi connectivity index (χ4n) is 1.65. The lowest BCUT2D eigenvalue weighted by molar-refractivity contribution is -0.141. The first-order valence-electron chi connectivity index (χ1n) is 5.85. The number of carbonyl (C=O) groups excluding carboxylic acids is 2. The molecule has 1 aromatic carbocycles. The van der Waals surface area contributed by atoms with Crippen molar-refractivity contribution in [3.63, 3.8) is 0 Å². The quantitative estimate of drug-likeness (QED) is 0.479. The second-order valence-corrected chi connectivity index (χ2v) is 4.26. The van der Waals surface area contributed by atoms with Crippen LogP contribution in [0.5, 0.6) is 0 Å². The Hall–Kier alpha value is -2.06. The van der Waals surface area contributed by atoms with Crippen molar-refractivity contribution in [3.05, 3.63) is 34.9 Å². The molecule has 9 heteroatoms. The number of carbonyl (C=O) groups is 2. The second-order valence-electron chi connectivity index (χ2n) is 4.26. The number of hydrogen-bond acceptors (Lipinski definition) is 3.